The first kappa shape index (κ1) is 23.3. The Morgan fingerprint density at radius 3 is 2.45 bits per heavy atom. The van der Waals surface area contributed by atoms with Gasteiger partial charge in [-0.1, -0.05) is 40.5 Å². The third kappa shape index (κ3) is 5.29. The minimum absolute atomic E-state index is 0.0476. The summed E-state index contributed by atoms with van der Waals surface area (Å²) in [4.78, 5) is 44.5. The molecule has 0 spiro atoms. The first-order valence-electron chi connectivity index (χ1n) is 11.2. The number of anilines is 2. The van der Waals surface area contributed by atoms with E-state index < -0.39 is 11.2 Å². The predicted molar refractivity (Wildman–Crippen MR) is 127 cm³/mol. The smallest absolute Gasteiger partial charge is 0.330 e. The fourth-order valence-electron chi connectivity index (χ4n) is 4.11. The molecule has 7 nitrogen and oxygen atoms in total. The lowest BCUT2D eigenvalue weighted by atomic mass is 9.99. The van der Waals surface area contributed by atoms with Gasteiger partial charge in [0.2, 0.25) is 0 Å². The van der Waals surface area contributed by atoms with Crippen molar-refractivity contribution in [3.63, 3.8) is 0 Å². The zero-order valence-corrected chi connectivity index (χ0v) is 19.8. The first-order valence-corrected chi connectivity index (χ1v) is 12.1. The number of hydrogen-bond acceptors (Lipinski definition) is 5. The van der Waals surface area contributed by atoms with Crippen molar-refractivity contribution >= 4 is 28.7 Å². The number of aromatic nitrogens is 2. The van der Waals surface area contributed by atoms with Crippen LogP contribution in [0.4, 0.5) is 11.5 Å². The molecule has 2 aromatic heterocycles. The van der Waals surface area contributed by atoms with Crippen molar-refractivity contribution in [2.24, 2.45) is 11.8 Å². The molecule has 0 saturated heterocycles. The lowest BCUT2D eigenvalue weighted by Crippen LogP contribution is -2.42. The Morgan fingerprint density at radius 2 is 1.81 bits per heavy atom. The Bertz CT molecular complexity index is 1020. The van der Waals surface area contributed by atoms with Gasteiger partial charge in [0.05, 0.1) is 4.88 Å². The number of carbonyl (C=O) groups excluding carboxylic acids is 1. The van der Waals surface area contributed by atoms with E-state index >= 15 is 0 Å². The average Bonchev–Trinajstić information content (AvgIpc) is 3.05. The Morgan fingerprint density at radius 1 is 1.13 bits per heavy atom. The number of fused-ring (bicyclic) bond motifs is 1. The Hall–Kier alpha value is -2.35. The van der Waals surface area contributed by atoms with Crippen molar-refractivity contribution in [1.29, 1.82) is 0 Å². The summed E-state index contributed by atoms with van der Waals surface area (Å²) in [5.41, 5.74) is 6.48. The number of amides is 1. The second kappa shape index (κ2) is 9.85. The highest BCUT2D eigenvalue weighted by atomic mass is 32.1. The molecule has 0 saturated carbocycles. The lowest BCUT2D eigenvalue weighted by molar-refractivity contribution is 0.0987. The van der Waals surface area contributed by atoms with Crippen molar-refractivity contribution < 1.29 is 4.79 Å². The number of nitrogens with zero attached hydrogens (tertiary/aromatic N) is 2. The summed E-state index contributed by atoms with van der Waals surface area (Å²) in [5, 5.41) is 0. The van der Waals surface area contributed by atoms with Gasteiger partial charge in [-0.2, -0.15) is 0 Å². The van der Waals surface area contributed by atoms with Gasteiger partial charge in [0, 0.05) is 18.0 Å². The van der Waals surface area contributed by atoms with Crippen LogP contribution in [-0.2, 0) is 19.4 Å². The van der Waals surface area contributed by atoms with E-state index in [0.717, 1.165) is 25.7 Å². The fourth-order valence-corrected chi connectivity index (χ4v) is 5.31. The molecule has 0 bridgehead atoms. The van der Waals surface area contributed by atoms with Gasteiger partial charge in [-0.05, 0) is 49.1 Å². The van der Waals surface area contributed by atoms with Gasteiger partial charge in [-0.25, -0.2) is 4.79 Å². The second-order valence-electron chi connectivity index (χ2n) is 9.28. The molecule has 0 unspecified atom stereocenters. The molecule has 0 aliphatic heterocycles. The van der Waals surface area contributed by atoms with Crippen molar-refractivity contribution in [2.45, 2.75) is 72.8 Å². The first-order chi connectivity index (χ1) is 14.7. The molecule has 1 amide bonds. The van der Waals surface area contributed by atoms with E-state index in [1.54, 1.807) is 0 Å². The van der Waals surface area contributed by atoms with Gasteiger partial charge in [0.15, 0.2) is 5.69 Å². The molecule has 31 heavy (non-hydrogen) atoms. The highest BCUT2D eigenvalue weighted by Gasteiger charge is 2.28. The number of nitrogen functional groups attached to an aromatic ring is 1. The summed E-state index contributed by atoms with van der Waals surface area (Å²) in [6.45, 7) is 8.62. The summed E-state index contributed by atoms with van der Waals surface area (Å²) in [7, 11) is 0. The van der Waals surface area contributed by atoms with Crippen LogP contribution in [0, 0.1) is 11.8 Å². The third-order valence-corrected chi connectivity index (χ3v) is 6.76. The van der Waals surface area contributed by atoms with E-state index in [9.17, 15) is 14.4 Å². The number of thiophene rings is 1. The summed E-state index contributed by atoms with van der Waals surface area (Å²) in [5.74, 6) is 0.0999. The van der Waals surface area contributed by atoms with Crippen LogP contribution >= 0.6 is 11.3 Å². The minimum Gasteiger partial charge on any atom is -0.383 e. The molecule has 170 valence electrons. The van der Waals surface area contributed by atoms with E-state index in [1.165, 1.54) is 44.1 Å². The largest absolute Gasteiger partial charge is 0.383 e. The quantitative estimate of drug-likeness (QED) is 0.705. The van der Waals surface area contributed by atoms with Crippen LogP contribution in [0.25, 0.3) is 0 Å². The van der Waals surface area contributed by atoms with Crippen LogP contribution in [0.1, 0.15) is 73.5 Å². The van der Waals surface area contributed by atoms with Crippen LogP contribution in [0.2, 0.25) is 0 Å². The highest BCUT2D eigenvalue weighted by Crippen LogP contribution is 2.31. The van der Waals surface area contributed by atoms with Crippen LogP contribution in [-0.4, -0.2) is 22.0 Å². The zero-order chi connectivity index (χ0) is 22.7. The SMILES string of the molecule is CC(C)CN(C(=O)c1cc2c(s1)CCCCCC2)c1c(N)n(CC(C)C)c(=O)[nH]c1=O. The van der Waals surface area contributed by atoms with Crippen molar-refractivity contribution in [2.75, 3.05) is 17.2 Å². The minimum atomic E-state index is -0.619. The zero-order valence-electron chi connectivity index (χ0n) is 19.0. The summed E-state index contributed by atoms with van der Waals surface area (Å²) >= 11 is 1.53. The van der Waals surface area contributed by atoms with E-state index in [4.69, 9.17) is 5.73 Å². The molecule has 1 aliphatic carbocycles. The number of carbonyl (C=O) groups is 1. The molecular formula is C23H34N4O3S. The van der Waals surface area contributed by atoms with Crippen LogP contribution < -0.4 is 21.9 Å². The summed E-state index contributed by atoms with van der Waals surface area (Å²) in [6, 6.07) is 2.00. The molecule has 3 N–H and O–H groups in total. The molecule has 2 heterocycles. The van der Waals surface area contributed by atoms with Crippen LogP contribution in [0.15, 0.2) is 15.7 Å². The number of aromatic amines is 1. The summed E-state index contributed by atoms with van der Waals surface area (Å²) < 4.78 is 1.36. The fraction of sp³-hybridized carbons (Fsp3) is 0.609. The van der Waals surface area contributed by atoms with Gasteiger partial charge in [-0.15, -0.1) is 11.3 Å². The number of H-pyrrole nitrogens is 1. The van der Waals surface area contributed by atoms with Crippen molar-refractivity contribution in [3.05, 3.63) is 42.2 Å². The van der Waals surface area contributed by atoms with Gasteiger partial charge in [-0.3, -0.25) is 24.0 Å². The van der Waals surface area contributed by atoms with Gasteiger partial charge in [0.25, 0.3) is 11.5 Å². The molecule has 0 fully saturated rings. The van der Waals surface area contributed by atoms with Crippen molar-refractivity contribution in [3.8, 4) is 0 Å². The Labute approximate surface area is 187 Å². The topological polar surface area (TPSA) is 101 Å². The normalized spacial score (nSPS) is 14.4. The lowest BCUT2D eigenvalue weighted by Gasteiger charge is -2.26. The van der Waals surface area contributed by atoms with Crippen molar-refractivity contribution in [1.82, 2.24) is 9.55 Å². The second-order valence-corrected chi connectivity index (χ2v) is 10.4. The molecule has 8 heteroatoms. The average molecular weight is 447 g/mol. The molecule has 2 aromatic rings. The van der Waals surface area contributed by atoms with Crippen LogP contribution in [0.5, 0.6) is 0 Å². The Kier molecular flexibility index (Phi) is 7.41. The summed E-state index contributed by atoms with van der Waals surface area (Å²) in [6.07, 6.45) is 6.72. The number of hydrogen-bond donors (Lipinski definition) is 2. The highest BCUT2D eigenvalue weighted by molar-refractivity contribution is 7.14. The predicted octanol–water partition coefficient (Wildman–Crippen LogP) is 3.80. The maximum Gasteiger partial charge on any atom is 0.330 e. The van der Waals surface area contributed by atoms with Gasteiger partial charge in [0.1, 0.15) is 5.82 Å². The molecule has 1 aliphatic rings. The maximum atomic E-state index is 13.6. The molecule has 0 atom stereocenters. The van der Waals surface area contributed by atoms with E-state index in [-0.39, 0.29) is 29.2 Å². The Balaban J connectivity index is 2.07. The molecular weight excluding hydrogens is 412 g/mol. The number of aryl methyl sites for hydroxylation is 2. The monoisotopic (exact) mass is 446 g/mol. The van der Waals surface area contributed by atoms with Gasteiger partial charge >= 0.3 is 5.69 Å². The molecule has 0 radical (unpaired) electrons. The third-order valence-electron chi connectivity index (χ3n) is 5.53. The van der Waals surface area contributed by atoms with E-state index in [2.05, 4.69) is 4.98 Å². The number of nitrogens with two attached hydrogens (primary N) is 1. The van der Waals surface area contributed by atoms with E-state index in [1.807, 2.05) is 33.8 Å². The molecule has 3 rings (SSSR count). The van der Waals surface area contributed by atoms with Crippen LogP contribution in [0.3, 0.4) is 0 Å². The maximum absolute atomic E-state index is 13.6. The number of nitrogens with one attached hydrogen (secondary N) is 1. The molecule has 0 aromatic carbocycles. The van der Waals surface area contributed by atoms with Gasteiger partial charge < -0.3 is 5.73 Å². The standard InChI is InChI=1S/C23H34N4O3S/c1-14(2)12-26(19-20(24)27(13-15(3)4)23(30)25-21(19)28)22(29)18-11-16-9-7-5-6-8-10-17(16)31-18/h11,14-15H,5-10,12-13,24H2,1-4H3,(H,25,28,30). The van der Waals surface area contributed by atoms with E-state index in [0.29, 0.717) is 18.0 Å². The number of rotatable bonds is 6.